The van der Waals surface area contributed by atoms with Crippen molar-refractivity contribution in [3.05, 3.63) is 42.7 Å². The summed E-state index contributed by atoms with van der Waals surface area (Å²) in [5, 5.41) is 12.2. The summed E-state index contributed by atoms with van der Waals surface area (Å²) in [4.78, 5) is 16.5. The molecule has 29 heavy (non-hydrogen) atoms. The van der Waals surface area contributed by atoms with Gasteiger partial charge in [-0.15, -0.1) is 10.2 Å². The smallest absolute Gasteiger partial charge is 0.234 e. The van der Waals surface area contributed by atoms with E-state index < -0.39 is 0 Å². The lowest BCUT2D eigenvalue weighted by molar-refractivity contribution is -0.113. The van der Waals surface area contributed by atoms with Crippen LogP contribution in [0.2, 0.25) is 0 Å². The molecule has 0 aliphatic rings. The molecule has 0 atom stereocenters. The zero-order valence-corrected chi connectivity index (χ0v) is 17.4. The van der Waals surface area contributed by atoms with Gasteiger partial charge in [0.05, 0.1) is 20.0 Å². The van der Waals surface area contributed by atoms with Crippen molar-refractivity contribution in [2.24, 2.45) is 0 Å². The lowest BCUT2D eigenvalue weighted by Crippen LogP contribution is -2.15. The molecule has 0 unspecified atom stereocenters. The second-order valence-electron chi connectivity index (χ2n) is 6.13. The number of thioether (sulfide) groups is 1. The van der Waals surface area contributed by atoms with Crippen LogP contribution in [0.4, 0.5) is 5.69 Å². The maximum absolute atomic E-state index is 12.5. The fourth-order valence-electron chi connectivity index (χ4n) is 2.74. The number of carbonyl (C=O) groups excluding carboxylic acids is 1. The summed E-state index contributed by atoms with van der Waals surface area (Å²) < 4.78 is 12.5. The standard InChI is InChI=1S/C20H23N5O3S/c1-4-9-25-19(14-5-7-21-8-6-14)23-24-20(25)29-13-18(26)22-15-10-16(27-2)12-17(11-15)28-3/h5-8,10-12H,4,9,13H2,1-3H3,(H,22,26). The van der Waals surface area contributed by atoms with Gasteiger partial charge in [-0.2, -0.15) is 0 Å². The molecule has 8 nitrogen and oxygen atoms in total. The van der Waals surface area contributed by atoms with Gasteiger partial charge in [-0.1, -0.05) is 18.7 Å². The Labute approximate surface area is 173 Å². The van der Waals surface area contributed by atoms with E-state index in [1.54, 1.807) is 44.8 Å². The summed E-state index contributed by atoms with van der Waals surface area (Å²) >= 11 is 1.35. The number of hydrogen-bond donors (Lipinski definition) is 1. The van der Waals surface area contributed by atoms with E-state index in [0.717, 1.165) is 24.4 Å². The highest BCUT2D eigenvalue weighted by Crippen LogP contribution is 2.27. The Balaban J connectivity index is 1.70. The zero-order chi connectivity index (χ0) is 20.6. The van der Waals surface area contributed by atoms with Gasteiger partial charge in [0.15, 0.2) is 11.0 Å². The Morgan fingerprint density at radius 3 is 2.41 bits per heavy atom. The third-order valence-electron chi connectivity index (χ3n) is 4.07. The van der Waals surface area contributed by atoms with Crippen LogP contribution in [0.3, 0.4) is 0 Å². The van der Waals surface area contributed by atoms with Crippen molar-refractivity contribution >= 4 is 23.4 Å². The number of rotatable bonds is 9. The summed E-state index contributed by atoms with van der Waals surface area (Å²) in [6.07, 6.45) is 4.38. The maximum atomic E-state index is 12.5. The quantitative estimate of drug-likeness (QED) is 0.537. The molecule has 3 rings (SSSR count). The topological polar surface area (TPSA) is 91.2 Å². The highest BCUT2D eigenvalue weighted by molar-refractivity contribution is 7.99. The number of anilines is 1. The van der Waals surface area contributed by atoms with E-state index in [-0.39, 0.29) is 11.7 Å². The van der Waals surface area contributed by atoms with Crippen LogP contribution in [0.1, 0.15) is 13.3 Å². The highest BCUT2D eigenvalue weighted by atomic mass is 32.2. The third kappa shape index (κ3) is 5.26. The molecule has 9 heteroatoms. The molecule has 0 bridgehead atoms. The number of amides is 1. The van der Waals surface area contributed by atoms with Gasteiger partial charge in [0.1, 0.15) is 11.5 Å². The maximum Gasteiger partial charge on any atom is 0.234 e. The summed E-state index contributed by atoms with van der Waals surface area (Å²) in [6, 6.07) is 9.03. The van der Waals surface area contributed by atoms with E-state index in [2.05, 4.69) is 27.4 Å². The minimum Gasteiger partial charge on any atom is -0.497 e. The van der Waals surface area contributed by atoms with E-state index in [0.29, 0.717) is 22.3 Å². The average Bonchev–Trinajstić information content (AvgIpc) is 3.15. The molecule has 0 aliphatic carbocycles. The number of hydrogen-bond acceptors (Lipinski definition) is 7. The Bertz CT molecular complexity index is 940. The number of carbonyl (C=O) groups is 1. The highest BCUT2D eigenvalue weighted by Gasteiger charge is 2.15. The molecule has 3 aromatic rings. The predicted molar refractivity (Wildman–Crippen MR) is 112 cm³/mol. The number of nitrogens with zero attached hydrogens (tertiary/aromatic N) is 4. The molecule has 0 fully saturated rings. The lowest BCUT2D eigenvalue weighted by Gasteiger charge is -2.10. The van der Waals surface area contributed by atoms with Crippen molar-refractivity contribution in [3.63, 3.8) is 0 Å². The Morgan fingerprint density at radius 2 is 1.79 bits per heavy atom. The van der Waals surface area contributed by atoms with Crippen molar-refractivity contribution in [1.82, 2.24) is 19.7 Å². The Kier molecular flexibility index (Phi) is 7.07. The first-order valence-electron chi connectivity index (χ1n) is 9.14. The first-order valence-corrected chi connectivity index (χ1v) is 10.1. The van der Waals surface area contributed by atoms with E-state index in [1.807, 2.05) is 16.7 Å². The summed E-state index contributed by atoms with van der Waals surface area (Å²) in [5.74, 6) is 2.04. The van der Waals surface area contributed by atoms with Gasteiger partial charge in [0, 0.05) is 48.4 Å². The van der Waals surface area contributed by atoms with E-state index in [9.17, 15) is 4.79 Å². The van der Waals surface area contributed by atoms with Gasteiger partial charge < -0.3 is 19.4 Å². The van der Waals surface area contributed by atoms with Gasteiger partial charge in [-0.25, -0.2) is 0 Å². The molecular formula is C20H23N5O3S. The fraction of sp³-hybridized carbons (Fsp3) is 0.300. The summed E-state index contributed by atoms with van der Waals surface area (Å²) in [6.45, 7) is 2.86. The first kappa shape index (κ1) is 20.7. The number of benzene rings is 1. The fourth-order valence-corrected chi connectivity index (χ4v) is 3.51. The van der Waals surface area contributed by atoms with Gasteiger partial charge in [-0.05, 0) is 18.6 Å². The largest absolute Gasteiger partial charge is 0.497 e. The predicted octanol–water partition coefficient (Wildman–Crippen LogP) is 3.50. The normalized spacial score (nSPS) is 10.6. The molecular weight excluding hydrogens is 390 g/mol. The minimum absolute atomic E-state index is 0.151. The Hall–Kier alpha value is -3.07. The molecule has 0 saturated carbocycles. The van der Waals surface area contributed by atoms with Crippen molar-refractivity contribution in [2.45, 2.75) is 25.0 Å². The number of methoxy groups -OCH3 is 2. The van der Waals surface area contributed by atoms with Gasteiger partial charge in [-0.3, -0.25) is 9.78 Å². The molecule has 2 aromatic heterocycles. The Morgan fingerprint density at radius 1 is 1.10 bits per heavy atom. The number of ether oxygens (including phenoxy) is 2. The van der Waals surface area contributed by atoms with E-state index >= 15 is 0 Å². The first-order chi connectivity index (χ1) is 14.1. The zero-order valence-electron chi connectivity index (χ0n) is 16.6. The van der Waals surface area contributed by atoms with Crippen LogP contribution in [0.25, 0.3) is 11.4 Å². The molecule has 152 valence electrons. The number of aromatic nitrogens is 4. The van der Waals surface area contributed by atoms with E-state index in [1.165, 1.54) is 11.8 Å². The van der Waals surface area contributed by atoms with Gasteiger partial charge >= 0.3 is 0 Å². The lowest BCUT2D eigenvalue weighted by atomic mass is 10.2. The third-order valence-corrected chi connectivity index (χ3v) is 5.04. The molecule has 0 spiro atoms. The van der Waals surface area contributed by atoms with Crippen LogP contribution in [0, 0.1) is 0 Å². The van der Waals surface area contributed by atoms with Gasteiger partial charge in [0.25, 0.3) is 0 Å². The molecule has 0 radical (unpaired) electrons. The molecule has 2 heterocycles. The van der Waals surface area contributed by atoms with Gasteiger partial charge in [0.2, 0.25) is 5.91 Å². The molecule has 1 aromatic carbocycles. The summed E-state index contributed by atoms with van der Waals surface area (Å²) in [5.41, 5.74) is 1.56. The molecule has 0 saturated heterocycles. The molecule has 0 aliphatic heterocycles. The molecule has 1 N–H and O–H groups in total. The van der Waals surface area contributed by atoms with Crippen molar-refractivity contribution in [2.75, 3.05) is 25.3 Å². The van der Waals surface area contributed by atoms with Crippen molar-refractivity contribution < 1.29 is 14.3 Å². The number of pyridine rings is 1. The second-order valence-corrected chi connectivity index (χ2v) is 7.07. The minimum atomic E-state index is -0.151. The van der Waals surface area contributed by atoms with Crippen LogP contribution in [0.5, 0.6) is 11.5 Å². The van der Waals surface area contributed by atoms with Crippen LogP contribution in [-0.4, -0.2) is 45.6 Å². The number of nitrogens with one attached hydrogen (secondary N) is 1. The van der Waals surface area contributed by atoms with E-state index in [4.69, 9.17) is 9.47 Å². The van der Waals surface area contributed by atoms with Crippen LogP contribution in [-0.2, 0) is 11.3 Å². The van der Waals surface area contributed by atoms with Crippen LogP contribution < -0.4 is 14.8 Å². The van der Waals surface area contributed by atoms with Crippen molar-refractivity contribution in [3.8, 4) is 22.9 Å². The van der Waals surface area contributed by atoms with Crippen LogP contribution in [0.15, 0.2) is 47.9 Å². The van der Waals surface area contributed by atoms with Crippen LogP contribution >= 0.6 is 11.8 Å². The van der Waals surface area contributed by atoms with Crippen molar-refractivity contribution in [1.29, 1.82) is 0 Å². The molecule has 1 amide bonds. The SMILES string of the molecule is CCCn1c(SCC(=O)Nc2cc(OC)cc(OC)c2)nnc1-c1ccncc1. The average molecular weight is 414 g/mol. The monoisotopic (exact) mass is 413 g/mol. The summed E-state index contributed by atoms with van der Waals surface area (Å²) in [7, 11) is 3.13. The second kappa shape index (κ2) is 9.92.